The second kappa shape index (κ2) is 5.63. The zero-order chi connectivity index (χ0) is 13.9. The van der Waals surface area contributed by atoms with Gasteiger partial charge in [-0.15, -0.1) is 0 Å². The van der Waals surface area contributed by atoms with Crippen molar-refractivity contribution < 1.29 is 13.9 Å². The van der Waals surface area contributed by atoms with E-state index in [0.717, 1.165) is 31.4 Å². The van der Waals surface area contributed by atoms with Crippen molar-refractivity contribution in [2.75, 3.05) is 6.54 Å². The van der Waals surface area contributed by atoms with Crippen molar-refractivity contribution in [1.82, 2.24) is 9.88 Å². The molecular weight excluding hydrogens is 244 g/mol. The van der Waals surface area contributed by atoms with Crippen LogP contribution in [0.5, 0.6) is 0 Å². The maximum Gasteiger partial charge on any atom is 0.410 e. The summed E-state index contributed by atoms with van der Waals surface area (Å²) in [5.41, 5.74) is 0.338. The molecule has 1 aliphatic heterocycles. The van der Waals surface area contributed by atoms with Gasteiger partial charge in [0.15, 0.2) is 6.39 Å². The van der Waals surface area contributed by atoms with Crippen molar-refractivity contribution >= 4 is 6.09 Å². The smallest absolute Gasteiger partial charge is 0.410 e. The number of oxazole rings is 1. The molecule has 2 heterocycles. The van der Waals surface area contributed by atoms with Crippen LogP contribution < -0.4 is 0 Å². The number of hydrogen-bond donors (Lipinski definition) is 0. The molecule has 1 aromatic rings. The van der Waals surface area contributed by atoms with Crippen molar-refractivity contribution in [3.8, 4) is 0 Å². The lowest BCUT2D eigenvalue weighted by molar-refractivity contribution is 0.0159. The van der Waals surface area contributed by atoms with Gasteiger partial charge in [0.05, 0.1) is 6.04 Å². The van der Waals surface area contributed by atoms with E-state index in [1.54, 1.807) is 11.2 Å². The van der Waals surface area contributed by atoms with Gasteiger partial charge in [-0.3, -0.25) is 4.90 Å². The van der Waals surface area contributed by atoms with Gasteiger partial charge in [0.1, 0.15) is 17.6 Å². The molecule has 1 saturated heterocycles. The molecule has 5 nitrogen and oxygen atoms in total. The monoisotopic (exact) mass is 266 g/mol. The van der Waals surface area contributed by atoms with Gasteiger partial charge in [-0.25, -0.2) is 9.78 Å². The van der Waals surface area contributed by atoms with Crippen LogP contribution in [0.3, 0.4) is 0 Å². The van der Waals surface area contributed by atoms with Crippen molar-refractivity contribution in [3.05, 3.63) is 18.4 Å². The molecule has 5 heteroatoms. The average molecular weight is 266 g/mol. The van der Waals surface area contributed by atoms with Gasteiger partial charge in [0.2, 0.25) is 0 Å². The second-order valence-corrected chi connectivity index (χ2v) is 5.95. The predicted molar refractivity (Wildman–Crippen MR) is 70.7 cm³/mol. The Kier molecular flexibility index (Phi) is 4.12. The molecule has 0 saturated carbocycles. The summed E-state index contributed by atoms with van der Waals surface area (Å²) in [4.78, 5) is 18.3. The Morgan fingerprint density at radius 2 is 2.21 bits per heavy atom. The van der Waals surface area contributed by atoms with Gasteiger partial charge in [0, 0.05) is 6.54 Å². The SMILES string of the molecule is CC(C)(C)OC(=O)N1CCCCC[C@H]1c1cocn1. The highest BCUT2D eigenvalue weighted by Crippen LogP contribution is 2.30. The fourth-order valence-electron chi connectivity index (χ4n) is 2.34. The van der Waals surface area contributed by atoms with Gasteiger partial charge in [-0.2, -0.15) is 0 Å². The fraction of sp³-hybridized carbons (Fsp3) is 0.714. The quantitative estimate of drug-likeness (QED) is 0.780. The van der Waals surface area contributed by atoms with E-state index >= 15 is 0 Å². The van der Waals surface area contributed by atoms with E-state index in [1.165, 1.54) is 6.39 Å². The summed E-state index contributed by atoms with van der Waals surface area (Å²) >= 11 is 0. The molecule has 0 unspecified atom stereocenters. The first-order chi connectivity index (χ1) is 8.97. The van der Waals surface area contributed by atoms with E-state index in [4.69, 9.17) is 9.15 Å². The summed E-state index contributed by atoms with van der Waals surface area (Å²) in [6.07, 6.45) is 6.91. The Morgan fingerprint density at radius 1 is 1.42 bits per heavy atom. The predicted octanol–water partition coefficient (Wildman–Crippen LogP) is 3.53. The molecule has 19 heavy (non-hydrogen) atoms. The maximum atomic E-state index is 12.3. The highest BCUT2D eigenvalue weighted by atomic mass is 16.6. The van der Waals surface area contributed by atoms with Crippen LogP contribution >= 0.6 is 0 Å². The second-order valence-electron chi connectivity index (χ2n) is 5.95. The van der Waals surface area contributed by atoms with Crippen LogP contribution in [0.4, 0.5) is 4.79 Å². The summed E-state index contributed by atoms with van der Waals surface area (Å²) in [6, 6.07) is -0.0314. The number of likely N-dealkylation sites (tertiary alicyclic amines) is 1. The standard InChI is InChI=1S/C14H22N2O3/c1-14(2,3)19-13(17)16-8-6-4-5-7-12(16)11-9-18-10-15-11/h9-10,12H,4-8H2,1-3H3/t12-/m0/s1. The number of hydrogen-bond acceptors (Lipinski definition) is 4. The maximum absolute atomic E-state index is 12.3. The Balaban J connectivity index is 2.15. The van der Waals surface area contributed by atoms with Crippen LogP contribution in [0.25, 0.3) is 0 Å². The fourth-order valence-corrected chi connectivity index (χ4v) is 2.34. The average Bonchev–Trinajstić information content (AvgIpc) is 2.71. The molecular formula is C14H22N2O3. The third-order valence-electron chi connectivity index (χ3n) is 3.17. The van der Waals surface area contributed by atoms with Crippen LogP contribution in [0.1, 0.15) is 58.2 Å². The first-order valence-electron chi connectivity index (χ1n) is 6.85. The molecule has 1 atom stereocenters. The Morgan fingerprint density at radius 3 is 2.84 bits per heavy atom. The number of rotatable bonds is 1. The summed E-state index contributed by atoms with van der Waals surface area (Å²) < 4.78 is 10.5. The number of aromatic nitrogens is 1. The Bertz CT molecular complexity index is 409. The lowest BCUT2D eigenvalue weighted by Gasteiger charge is -2.31. The third kappa shape index (κ3) is 3.72. The normalized spacial score (nSPS) is 21.0. The zero-order valence-corrected chi connectivity index (χ0v) is 11.9. The number of carbonyl (C=O) groups excluding carboxylic acids is 1. The van der Waals surface area contributed by atoms with Gasteiger partial charge in [-0.05, 0) is 33.6 Å². The molecule has 0 spiro atoms. The first kappa shape index (κ1) is 13.9. The van der Waals surface area contributed by atoms with Crippen molar-refractivity contribution in [3.63, 3.8) is 0 Å². The van der Waals surface area contributed by atoms with Gasteiger partial charge < -0.3 is 9.15 Å². The van der Waals surface area contributed by atoms with E-state index in [-0.39, 0.29) is 12.1 Å². The summed E-state index contributed by atoms with van der Waals surface area (Å²) in [5.74, 6) is 0. The molecule has 1 aromatic heterocycles. The van der Waals surface area contributed by atoms with Crippen molar-refractivity contribution in [2.24, 2.45) is 0 Å². The van der Waals surface area contributed by atoms with Crippen LogP contribution in [0.15, 0.2) is 17.1 Å². The minimum atomic E-state index is -0.474. The van der Waals surface area contributed by atoms with Crippen molar-refractivity contribution in [2.45, 2.75) is 58.1 Å². The van der Waals surface area contributed by atoms with E-state index in [0.29, 0.717) is 6.54 Å². The minimum absolute atomic E-state index is 0.0314. The van der Waals surface area contributed by atoms with Crippen LogP contribution in [-0.4, -0.2) is 28.1 Å². The van der Waals surface area contributed by atoms with Crippen LogP contribution in [0.2, 0.25) is 0 Å². The molecule has 1 fully saturated rings. The third-order valence-corrected chi connectivity index (χ3v) is 3.17. The summed E-state index contributed by atoms with van der Waals surface area (Å²) in [6.45, 7) is 6.36. The molecule has 106 valence electrons. The van der Waals surface area contributed by atoms with E-state index in [1.807, 2.05) is 20.8 Å². The molecule has 1 amide bonds. The lowest BCUT2D eigenvalue weighted by atomic mass is 10.1. The van der Waals surface area contributed by atoms with Crippen LogP contribution in [-0.2, 0) is 4.74 Å². The molecule has 0 radical (unpaired) electrons. The number of carbonyl (C=O) groups is 1. The highest BCUT2D eigenvalue weighted by Gasteiger charge is 2.31. The number of nitrogens with zero attached hydrogens (tertiary/aromatic N) is 2. The Labute approximate surface area is 113 Å². The Hall–Kier alpha value is -1.52. The first-order valence-corrected chi connectivity index (χ1v) is 6.85. The molecule has 2 rings (SSSR count). The molecule has 1 aliphatic rings. The molecule has 0 aliphatic carbocycles. The minimum Gasteiger partial charge on any atom is -0.451 e. The van der Waals surface area contributed by atoms with Gasteiger partial charge in [0.25, 0.3) is 0 Å². The molecule has 0 aromatic carbocycles. The molecule has 0 N–H and O–H groups in total. The summed E-state index contributed by atoms with van der Waals surface area (Å²) in [7, 11) is 0. The lowest BCUT2D eigenvalue weighted by Crippen LogP contribution is -2.39. The summed E-state index contributed by atoms with van der Waals surface area (Å²) in [5, 5.41) is 0. The topological polar surface area (TPSA) is 55.6 Å². The van der Waals surface area contributed by atoms with E-state index in [9.17, 15) is 4.79 Å². The zero-order valence-electron chi connectivity index (χ0n) is 11.9. The number of ether oxygens (including phenoxy) is 1. The largest absolute Gasteiger partial charge is 0.451 e. The van der Waals surface area contributed by atoms with Crippen LogP contribution in [0, 0.1) is 0 Å². The number of amides is 1. The molecule has 0 bridgehead atoms. The van der Waals surface area contributed by atoms with E-state index < -0.39 is 5.60 Å². The van der Waals surface area contributed by atoms with Gasteiger partial charge >= 0.3 is 6.09 Å². The van der Waals surface area contributed by atoms with Crippen molar-refractivity contribution in [1.29, 1.82) is 0 Å². The van der Waals surface area contributed by atoms with Gasteiger partial charge in [-0.1, -0.05) is 12.8 Å². The highest BCUT2D eigenvalue weighted by molar-refractivity contribution is 5.68. The van der Waals surface area contributed by atoms with E-state index in [2.05, 4.69) is 4.98 Å².